The minimum atomic E-state index is -0.440. The third-order valence-corrected chi connectivity index (χ3v) is 7.27. The summed E-state index contributed by atoms with van der Waals surface area (Å²) in [7, 11) is 0. The zero-order valence-electron chi connectivity index (χ0n) is 20.1. The number of hydrogen-bond acceptors (Lipinski definition) is 7. The Hall–Kier alpha value is -3.33. The number of pyridine rings is 2. The lowest BCUT2D eigenvalue weighted by Gasteiger charge is -2.33. The molecule has 184 valence electrons. The number of fused-ring (bicyclic) bond motifs is 1. The van der Waals surface area contributed by atoms with Crippen LogP contribution in [0.3, 0.4) is 0 Å². The van der Waals surface area contributed by atoms with Crippen molar-refractivity contribution >= 4 is 23.6 Å². The highest BCUT2D eigenvalue weighted by Crippen LogP contribution is 2.40. The lowest BCUT2D eigenvalue weighted by Crippen LogP contribution is -2.50. The Morgan fingerprint density at radius 3 is 2.34 bits per heavy atom. The lowest BCUT2D eigenvalue weighted by atomic mass is 9.81. The molecule has 0 spiro atoms. The molecule has 9 heteroatoms. The lowest BCUT2D eigenvalue weighted by molar-refractivity contribution is -0.122. The number of anilines is 1. The molecule has 2 aliphatic heterocycles. The van der Waals surface area contributed by atoms with Gasteiger partial charge in [-0.1, -0.05) is 18.9 Å². The Bertz CT molecular complexity index is 1070. The molecule has 0 aromatic carbocycles. The van der Waals surface area contributed by atoms with Crippen molar-refractivity contribution in [2.24, 2.45) is 11.8 Å². The molecule has 1 saturated carbocycles. The quantitative estimate of drug-likeness (QED) is 0.611. The van der Waals surface area contributed by atoms with Crippen LogP contribution < -0.4 is 9.64 Å². The van der Waals surface area contributed by atoms with Crippen LogP contribution in [-0.2, 0) is 16.0 Å². The SMILES string of the molecule is Cc1cccc(CCN2CCN(C(=O)Oc3ccc(N4C(=O)C5CCCCC5C4=O)cn3)CC2)n1. The van der Waals surface area contributed by atoms with Crippen molar-refractivity contribution < 1.29 is 19.1 Å². The van der Waals surface area contributed by atoms with E-state index in [1.165, 1.54) is 11.1 Å². The van der Waals surface area contributed by atoms with E-state index in [-0.39, 0.29) is 29.5 Å². The molecule has 0 radical (unpaired) electrons. The van der Waals surface area contributed by atoms with Gasteiger partial charge in [0.1, 0.15) is 0 Å². The average molecular weight is 478 g/mol. The second-order valence-corrected chi connectivity index (χ2v) is 9.58. The van der Waals surface area contributed by atoms with E-state index in [4.69, 9.17) is 4.74 Å². The fourth-order valence-electron chi connectivity index (χ4n) is 5.30. The van der Waals surface area contributed by atoms with Crippen molar-refractivity contribution in [2.75, 3.05) is 37.6 Å². The molecule has 2 unspecified atom stereocenters. The third kappa shape index (κ3) is 5.05. The Morgan fingerprint density at radius 2 is 1.71 bits per heavy atom. The summed E-state index contributed by atoms with van der Waals surface area (Å²) in [5, 5.41) is 0. The molecule has 0 N–H and O–H groups in total. The predicted molar refractivity (Wildman–Crippen MR) is 129 cm³/mol. The summed E-state index contributed by atoms with van der Waals surface area (Å²) in [5.41, 5.74) is 2.54. The summed E-state index contributed by atoms with van der Waals surface area (Å²) in [6, 6.07) is 9.23. The van der Waals surface area contributed by atoms with Crippen molar-refractivity contribution in [1.82, 2.24) is 19.8 Å². The molecular weight excluding hydrogens is 446 g/mol. The van der Waals surface area contributed by atoms with Gasteiger partial charge in [0.15, 0.2) is 0 Å². The van der Waals surface area contributed by atoms with E-state index in [9.17, 15) is 14.4 Å². The van der Waals surface area contributed by atoms with E-state index in [1.807, 2.05) is 25.1 Å². The van der Waals surface area contributed by atoms with Crippen LogP contribution in [0, 0.1) is 18.8 Å². The van der Waals surface area contributed by atoms with E-state index in [0.717, 1.165) is 63.1 Å². The number of carbonyl (C=O) groups is 3. The monoisotopic (exact) mass is 477 g/mol. The molecule has 3 aliphatic rings. The summed E-state index contributed by atoms with van der Waals surface area (Å²) in [5.74, 6) is -0.534. The van der Waals surface area contributed by atoms with Gasteiger partial charge in [-0.25, -0.2) is 14.7 Å². The van der Waals surface area contributed by atoms with Crippen LogP contribution in [0.25, 0.3) is 0 Å². The van der Waals surface area contributed by atoms with Gasteiger partial charge in [-0.15, -0.1) is 0 Å². The minimum Gasteiger partial charge on any atom is -0.391 e. The van der Waals surface area contributed by atoms with Crippen LogP contribution in [0.15, 0.2) is 36.5 Å². The van der Waals surface area contributed by atoms with E-state index in [1.54, 1.807) is 17.0 Å². The number of rotatable bonds is 5. The maximum atomic E-state index is 12.8. The molecule has 3 amide bonds. The molecule has 2 saturated heterocycles. The third-order valence-electron chi connectivity index (χ3n) is 7.27. The smallest absolute Gasteiger partial charge is 0.391 e. The molecule has 2 aromatic heterocycles. The first kappa shape index (κ1) is 23.4. The zero-order chi connectivity index (χ0) is 24.4. The molecule has 9 nitrogen and oxygen atoms in total. The molecular formula is C26H31N5O4. The van der Waals surface area contributed by atoms with Gasteiger partial charge in [-0.3, -0.25) is 19.5 Å². The fourth-order valence-corrected chi connectivity index (χ4v) is 5.30. The Kier molecular flexibility index (Phi) is 6.77. The van der Waals surface area contributed by atoms with Gasteiger partial charge in [0, 0.05) is 56.6 Å². The van der Waals surface area contributed by atoms with Crippen LogP contribution in [0.5, 0.6) is 5.88 Å². The number of aryl methyl sites for hydroxylation is 1. The first-order valence-corrected chi connectivity index (χ1v) is 12.4. The number of imide groups is 1. The van der Waals surface area contributed by atoms with Gasteiger partial charge in [-0.2, -0.15) is 0 Å². The summed E-state index contributed by atoms with van der Waals surface area (Å²) in [6.07, 6.45) is 5.39. The summed E-state index contributed by atoms with van der Waals surface area (Å²) < 4.78 is 5.46. The van der Waals surface area contributed by atoms with Gasteiger partial charge in [0.25, 0.3) is 0 Å². The average Bonchev–Trinajstić information content (AvgIpc) is 3.13. The van der Waals surface area contributed by atoms with Crippen LogP contribution >= 0.6 is 0 Å². The van der Waals surface area contributed by atoms with Crippen molar-refractivity contribution in [3.05, 3.63) is 47.9 Å². The van der Waals surface area contributed by atoms with Crippen molar-refractivity contribution in [3.63, 3.8) is 0 Å². The topological polar surface area (TPSA) is 95.9 Å². The fraction of sp³-hybridized carbons (Fsp3) is 0.500. The van der Waals surface area contributed by atoms with Crippen molar-refractivity contribution in [1.29, 1.82) is 0 Å². The highest BCUT2D eigenvalue weighted by Gasteiger charge is 2.48. The van der Waals surface area contributed by atoms with E-state index in [2.05, 4.69) is 14.9 Å². The number of ether oxygens (including phenoxy) is 1. The molecule has 0 bridgehead atoms. The largest absolute Gasteiger partial charge is 0.416 e. The van der Waals surface area contributed by atoms with E-state index >= 15 is 0 Å². The maximum Gasteiger partial charge on any atom is 0.416 e. The molecule has 2 aromatic rings. The normalized spacial score (nSPS) is 22.9. The molecule has 1 aliphatic carbocycles. The van der Waals surface area contributed by atoms with Gasteiger partial charge in [0.05, 0.1) is 23.7 Å². The Labute approximate surface area is 205 Å². The maximum absolute atomic E-state index is 12.8. The van der Waals surface area contributed by atoms with E-state index < -0.39 is 6.09 Å². The number of amides is 3. The number of piperazine rings is 1. The number of hydrogen-bond donors (Lipinski definition) is 0. The molecule has 2 atom stereocenters. The van der Waals surface area contributed by atoms with Gasteiger partial charge in [-0.05, 0) is 38.0 Å². The minimum absolute atomic E-state index is 0.137. The van der Waals surface area contributed by atoms with Crippen molar-refractivity contribution in [2.45, 2.75) is 39.0 Å². The standard InChI is InChI=1S/C26H31N5O4/c1-18-5-4-6-19(28-18)11-12-29-13-15-30(16-14-29)26(34)35-23-10-9-20(17-27-23)31-24(32)21-7-2-3-8-22(21)25(31)33/h4-6,9-10,17,21-22H,2-3,7-8,11-16H2,1H3. The molecule has 4 heterocycles. The first-order valence-electron chi connectivity index (χ1n) is 12.4. The van der Waals surface area contributed by atoms with Gasteiger partial charge >= 0.3 is 6.09 Å². The van der Waals surface area contributed by atoms with E-state index in [0.29, 0.717) is 18.8 Å². The Balaban J connectivity index is 1.11. The van der Waals surface area contributed by atoms with Crippen LogP contribution in [-0.4, -0.2) is 70.4 Å². The van der Waals surface area contributed by atoms with Gasteiger partial charge in [0.2, 0.25) is 17.7 Å². The first-order chi connectivity index (χ1) is 17.0. The molecule has 5 rings (SSSR count). The second-order valence-electron chi connectivity index (χ2n) is 9.58. The molecule has 35 heavy (non-hydrogen) atoms. The molecule has 3 fully saturated rings. The Morgan fingerprint density at radius 1 is 1.00 bits per heavy atom. The predicted octanol–water partition coefficient (Wildman–Crippen LogP) is 2.82. The number of aromatic nitrogens is 2. The zero-order valence-corrected chi connectivity index (χ0v) is 20.1. The number of carbonyl (C=O) groups excluding carboxylic acids is 3. The summed E-state index contributed by atoms with van der Waals surface area (Å²) >= 11 is 0. The van der Waals surface area contributed by atoms with Crippen molar-refractivity contribution in [3.8, 4) is 5.88 Å². The number of nitrogens with zero attached hydrogens (tertiary/aromatic N) is 5. The summed E-state index contributed by atoms with van der Waals surface area (Å²) in [6.45, 7) is 5.60. The highest BCUT2D eigenvalue weighted by atomic mass is 16.6. The van der Waals surface area contributed by atoms with Crippen LogP contribution in [0.2, 0.25) is 0 Å². The van der Waals surface area contributed by atoms with Crippen LogP contribution in [0.4, 0.5) is 10.5 Å². The second kappa shape index (κ2) is 10.1. The van der Waals surface area contributed by atoms with Crippen LogP contribution in [0.1, 0.15) is 37.1 Å². The summed E-state index contributed by atoms with van der Waals surface area (Å²) in [4.78, 5) is 52.2. The highest BCUT2D eigenvalue weighted by molar-refractivity contribution is 6.22. The van der Waals surface area contributed by atoms with Gasteiger partial charge < -0.3 is 9.64 Å².